The highest BCUT2D eigenvalue weighted by Crippen LogP contribution is 2.19. The first-order valence-corrected chi connectivity index (χ1v) is 9.38. The molecule has 4 nitrogen and oxygen atoms in total. The van der Waals surface area contributed by atoms with E-state index in [1.54, 1.807) is 0 Å². The molecule has 0 saturated heterocycles. The van der Waals surface area contributed by atoms with Crippen molar-refractivity contribution in [3.8, 4) is 0 Å². The molecule has 0 fully saturated rings. The standard InChI is InChI=1S/C13H21FN2O2S2/c1-19-9-5-3-2-4-8-16-20(17,18)13-10-11(14)6-7-12(13)15/h6-7,10,16H,2-5,8-9,15H2,1H3. The molecule has 7 heteroatoms. The van der Waals surface area contributed by atoms with Gasteiger partial charge in [-0.15, -0.1) is 0 Å². The summed E-state index contributed by atoms with van der Waals surface area (Å²) in [5.74, 6) is 0.516. The molecule has 0 atom stereocenters. The maximum absolute atomic E-state index is 13.1. The average molecular weight is 320 g/mol. The van der Waals surface area contributed by atoms with Gasteiger partial charge in [-0.3, -0.25) is 0 Å². The van der Waals surface area contributed by atoms with Crippen molar-refractivity contribution in [2.75, 3.05) is 24.3 Å². The molecule has 0 heterocycles. The van der Waals surface area contributed by atoms with Crippen LogP contribution in [0.5, 0.6) is 0 Å². The van der Waals surface area contributed by atoms with Gasteiger partial charge < -0.3 is 5.73 Å². The fourth-order valence-electron chi connectivity index (χ4n) is 1.75. The van der Waals surface area contributed by atoms with Gasteiger partial charge in [0.15, 0.2) is 0 Å². The monoisotopic (exact) mass is 320 g/mol. The Hall–Kier alpha value is -0.790. The highest BCUT2D eigenvalue weighted by Gasteiger charge is 2.17. The molecular formula is C13H21FN2O2S2. The third-order valence-corrected chi connectivity index (χ3v) is 5.05. The predicted octanol–water partition coefficient (Wildman–Crippen LogP) is 2.61. The van der Waals surface area contributed by atoms with Gasteiger partial charge in [-0.1, -0.05) is 12.8 Å². The zero-order valence-electron chi connectivity index (χ0n) is 11.6. The van der Waals surface area contributed by atoms with Crippen LogP contribution in [0.2, 0.25) is 0 Å². The number of hydrogen-bond donors (Lipinski definition) is 2. The highest BCUT2D eigenvalue weighted by atomic mass is 32.2. The number of benzene rings is 1. The summed E-state index contributed by atoms with van der Waals surface area (Å²) in [6.07, 6.45) is 6.04. The summed E-state index contributed by atoms with van der Waals surface area (Å²) < 4.78 is 39.5. The first-order valence-electron chi connectivity index (χ1n) is 6.51. The number of nitrogens with two attached hydrogens (primary N) is 1. The van der Waals surface area contributed by atoms with E-state index in [2.05, 4.69) is 11.0 Å². The molecule has 0 aliphatic carbocycles. The van der Waals surface area contributed by atoms with E-state index in [1.807, 2.05) is 11.8 Å². The van der Waals surface area contributed by atoms with Crippen LogP contribution in [0.15, 0.2) is 23.1 Å². The maximum atomic E-state index is 13.1. The van der Waals surface area contributed by atoms with Gasteiger partial charge in [0, 0.05) is 6.54 Å². The van der Waals surface area contributed by atoms with E-state index in [4.69, 9.17) is 5.73 Å². The van der Waals surface area contributed by atoms with Crippen LogP contribution >= 0.6 is 11.8 Å². The summed E-state index contributed by atoms with van der Waals surface area (Å²) in [4.78, 5) is -0.195. The summed E-state index contributed by atoms with van der Waals surface area (Å²) in [6.45, 7) is 0.345. The lowest BCUT2D eigenvalue weighted by molar-refractivity contribution is 0.571. The van der Waals surface area contributed by atoms with Crippen LogP contribution in [0.25, 0.3) is 0 Å². The lowest BCUT2D eigenvalue weighted by atomic mass is 10.2. The van der Waals surface area contributed by atoms with Crippen molar-refractivity contribution in [1.82, 2.24) is 4.72 Å². The van der Waals surface area contributed by atoms with Crippen LogP contribution in [0, 0.1) is 5.82 Å². The van der Waals surface area contributed by atoms with Crippen LogP contribution in [-0.4, -0.2) is 27.0 Å². The van der Waals surface area contributed by atoms with E-state index in [0.717, 1.165) is 43.6 Å². The first kappa shape index (κ1) is 17.3. The summed E-state index contributed by atoms with van der Waals surface area (Å²) in [6, 6.07) is 3.34. The quantitative estimate of drug-likeness (QED) is 0.542. The molecule has 0 spiro atoms. The van der Waals surface area contributed by atoms with Gasteiger partial charge in [0.25, 0.3) is 0 Å². The second kappa shape index (κ2) is 8.49. The normalized spacial score (nSPS) is 11.7. The largest absolute Gasteiger partial charge is 0.398 e. The van der Waals surface area contributed by atoms with Crippen LogP contribution < -0.4 is 10.5 Å². The number of hydrogen-bond acceptors (Lipinski definition) is 4. The Morgan fingerprint density at radius 1 is 1.25 bits per heavy atom. The zero-order valence-corrected chi connectivity index (χ0v) is 13.2. The second-order valence-electron chi connectivity index (χ2n) is 4.49. The van der Waals surface area contributed by atoms with Gasteiger partial charge >= 0.3 is 0 Å². The molecular weight excluding hydrogens is 299 g/mol. The third-order valence-electron chi connectivity index (χ3n) is 2.83. The second-order valence-corrected chi connectivity index (χ2v) is 7.21. The van der Waals surface area contributed by atoms with E-state index in [1.165, 1.54) is 6.07 Å². The minimum Gasteiger partial charge on any atom is -0.398 e. The van der Waals surface area contributed by atoms with Crippen molar-refractivity contribution in [2.24, 2.45) is 0 Å². The minimum absolute atomic E-state index is 0.0545. The van der Waals surface area contributed by atoms with Gasteiger partial charge in [-0.2, -0.15) is 11.8 Å². The third kappa shape index (κ3) is 5.68. The minimum atomic E-state index is -3.73. The summed E-state index contributed by atoms with van der Waals surface area (Å²) in [5, 5.41) is 0. The Morgan fingerprint density at radius 2 is 1.95 bits per heavy atom. The number of unbranched alkanes of at least 4 members (excludes halogenated alkanes) is 3. The first-order chi connectivity index (χ1) is 9.47. The van der Waals surface area contributed by atoms with Crippen molar-refractivity contribution in [1.29, 1.82) is 0 Å². The number of nitrogen functional groups attached to an aromatic ring is 1. The van der Waals surface area contributed by atoms with E-state index in [9.17, 15) is 12.8 Å². The van der Waals surface area contributed by atoms with Crippen LogP contribution in [-0.2, 0) is 10.0 Å². The Labute approximate surface area is 124 Å². The average Bonchev–Trinajstić information content (AvgIpc) is 2.40. The number of halogens is 1. The van der Waals surface area contributed by atoms with Crippen LogP contribution in [0.3, 0.4) is 0 Å². The van der Waals surface area contributed by atoms with E-state index in [-0.39, 0.29) is 10.6 Å². The Balaban J connectivity index is 2.44. The zero-order chi connectivity index (χ0) is 15.0. The Morgan fingerprint density at radius 3 is 2.65 bits per heavy atom. The smallest absolute Gasteiger partial charge is 0.242 e. The number of anilines is 1. The lowest BCUT2D eigenvalue weighted by Gasteiger charge is -2.09. The lowest BCUT2D eigenvalue weighted by Crippen LogP contribution is -2.25. The molecule has 0 radical (unpaired) electrons. The molecule has 0 aliphatic heterocycles. The highest BCUT2D eigenvalue weighted by molar-refractivity contribution is 7.98. The number of sulfonamides is 1. The van der Waals surface area contributed by atoms with E-state index < -0.39 is 15.8 Å². The number of rotatable bonds is 9. The van der Waals surface area contributed by atoms with Crippen molar-refractivity contribution >= 4 is 27.5 Å². The van der Waals surface area contributed by atoms with Crippen LogP contribution in [0.1, 0.15) is 25.7 Å². The van der Waals surface area contributed by atoms with Gasteiger partial charge in [0.2, 0.25) is 10.0 Å². The molecule has 3 N–H and O–H groups in total. The molecule has 0 bridgehead atoms. The summed E-state index contributed by atoms with van der Waals surface area (Å²) in [7, 11) is -3.73. The van der Waals surface area contributed by atoms with Crippen LogP contribution in [0.4, 0.5) is 10.1 Å². The van der Waals surface area contributed by atoms with E-state index >= 15 is 0 Å². The molecule has 0 aromatic heterocycles. The number of nitrogens with one attached hydrogen (secondary N) is 1. The van der Waals surface area contributed by atoms with Crippen molar-refractivity contribution in [3.63, 3.8) is 0 Å². The van der Waals surface area contributed by atoms with E-state index in [0.29, 0.717) is 6.54 Å². The Bertz CT molecular complexity index is 521. The van der Waals surface area contributed by atoms with Crippen molar-refractivity contribution in [3.05, 3.63) is 24.0 Å². The molecule has 0 aliphatic rings. The van der Waals surface area contributed by atoms with Gasteiger partial charge in [-0.25, -0.2) is 17.5 Å². The van der Waals surface area contributed by atoms with Crippen molar-refractivity contribution in [2.45, 2.75) is 30.6 Å². The number of thioether (sulfide) groups is 1. The molecule has 114 valence electrons. The molecule has 1 rings (SSSR count). The molecule has 0 amide bonds. The molecule has 1 aromatic rings. The molecule has 20 heavy (non-hydrogen) atoms. The SMILES string of the molecule is CSCCCCCCNS(=O)(=O)c1cc(F)ccc1N. The molecule has 0 saturated carbocycles. The summed E-state index contributed by atoms with van der Waals surface area (Å²) in [5.41, 5.74) is 5.63. The van der Waals surface area contributed by atoms with Gasteiger partial charge in [0.05, 0.1) is 5.69 Å². The van der Waals surface area contributed by atoms with Gasteiger partial charge in [0.1, 0.15) is 10.7 Å². The maximum Gasteiger partial charge on any atom is 0.242 e. The van der Waals surface area contributed by atoms with Gasteiger partial charge in [-0.05, 0) is 43.0 Å². The molecule has 1 aromatic carbocycles. The summed E-state index contributed by atoms with van der Waals surface area (Å²) >= 11 is 1.81. The van der Waals surface area contributed by atoms with Crippen molar-refractivity contribution < 1.29 is 12.8 Å². The fraction of sp³-hybridized carbons (Fsp3) is 0.538. The Kier molecular flexibility index (Phi) is 7.32. The topological polar surface area (TPSA) is 72.2 Å². The fourth-order valence-corrected chi connectivity index (χ4v) is 3.46. The molecule has 0 unspecified atom stereocenters. The predicted molar refractivity (Wildman–Crippen MR) is 82.9 cm³/mol.